The maximum Gasteiger partial charge on any atom is 0.410 e. The number of carbonyl (C=O) groups excluding carboxylic acids is 2. The van der Waals surface area contributed by atoms with Crippen LogP contribution in [0.25, 0.3) is 0 Å². The van der Waals surface area contributed by atoms with Crippen LogP contribution in [0.4, 0.5) is 4.79 Å². The number of carbonyl (C=O) groups is 2. The molecule has 0 unspecified atom stereocenters. The van der Waals surface area contributed by atoms with Crippen LogP contribution < -0.4 is 0 Å². The number of ether oxygens (including phenoxy) is 1. The van der Waals surface area contributed by atoms with Crippen molar-refractivity contribution >= 4 is 12.0 Å². The molecule has 6 heteroatoms. The second kappa shape index (κ2) is 3.10. The van der Waals surface area contributed by atoms with Gasteiger partial charge in [0.1, 0.15) is 0 Å². The van der Waals surface area contributed by atoms with Crippen LogP contribution in [0.2, 0.25) is 0 Å². The van der Waals surface area contributed by atoms with Gasteiger partial charge in [-0.3, -0.25) is 9.69 Å². The minimum Gasteiger partial charge on any atom is -0.450 e. The summed E-state index contributed by atoms with van der Waals surface area (Å²) in [7, 11) is 0. The minimum atomic E-state index is -0.637. The quantitative estimate of drug-likeness (QED) is 0.592. The van der Waals surface area contributed by atoms with Crippen molar-refractivity contribution in [1.82, 2.24) is 9.80 Å². The lowest BCUT2D eigenvalue weighted by atomic mass is 10.1. The normalized spacial score (nSPS) is 39.8. The number of amides is 2. The Morgan fingerprint density at radius 2 is 2.31 bits per heavy atom. The van der Waals surface area contributed by atoms with Gasteiger partial charge >= 0.3 is 6.09 Å². The third-order valence-electron chi connectivity index (χ3n) is 3.65. The Morgan fingerprint density at radius 1 is 1.56 bits per heavy atom. The van der Waals surface area contributed by atoms with Gasteiger partial charge in [0, 0.05) is 6.54 Å². The molecule has 0 bridgehead atoms. The average Bonchev–Trinajstić information content (AvgIpc) is 2.66. The van der Waals surface area contributed by atoms with Gasteiger partial charge in [-0.1, -0.05) is 0 Å². The molecule has 4 atom stereocenters. The number of fused-ring (bicyclic) bond motifs is 3. The van der Waals surface area contributed by atoms with Crippen molar-refractivity contribution in [2.45, 2.75) is 37.6 Å². The molecular weight excluding hydrogens is 212 g/mol. The lowest BCUT2D eigenvalue weighted by molar-refractivity contribution is -0.128. The maximum atomic E-state index is 11.5. The lowest BCUT2D eigenvalue weighted by Gasteiger charge is -2.23. The van der Waals surface area contributed by atoms with Crippen LogP contribution in [-0.2, 0) is 9.53 Å². The Hall–Kier alpha value is -1.30. The van der Waals surface area contributed by atoms with Crippen molar-refractivity contribution in [3.63, 3.8) is 0 Å². The van der Waals surface area contributed by atoms with E-state index in [-0.39, 0.29) is 36.5 Å². The summed E-state index contributed by atoms with van der Waals surface area (Å²) < 4.78 is 4.91. The predicted octanol–water partition coefficient (Wildman–Crippen LogP) is -0.829. The third kappa shape index (κ3) is 1.10. The van der Waals surface area contributed by atoms with Crippen molar-refractivity contribution in [3.8, 4) is 0 Å². The summed E-state index contributed by atoms with van der Waals surface area (Å²) in [5, 5.41) is 9.76. The van der Waals surface area contributed by atoms with Crippen LogP contribution in [0.5, 0.6) is 0 Å². The number of rotatable bonds is 1. The summed E-state index contributed by atoms with van der Waals surface area (Å²) >= 11 is 0. The average molecular weight is 226 g/mol. The van der Waals surface area contributed by atoms with E-state index in [4.69, 9.17) is 4.74 Å². The number of aliphatic hydroxyl groups is 1. The second-order valence-electron chi connectivity index (χ2n) is 4.47. The maximum absolute atomic E-state index is 11.5. The highest BCUT2D eigenvalue weighted by molar-refractivity contribution is 5.83. The van der Waals surface area contributed by atoms with Gasteiger partial charge in [0.2, 0.25) is 5.91 Å². The summed E-state index contributed by atoms with van der Waals surface area (Å²) in [6.45, 7) is 2.66. The van der Waals surface area contributed by atoms with E-state index < -0.39 is 6.10 Å². The summed E-state index contributed by atoms with van der Waals surface area (Å²) in [6, 6.07) is -0.176. The van der Waals surface area contributed by atoms with Gasteiger partial charge < -0.3 is 14.7 Å². The monoisotopic (exact) mass is 226 g/mol. The molecule has 3 heterocycles. The van der Waals surface area contributed by atoms with E-state index in [0.29, 0.717) is 13.2 Å². The van der Waals surface area contributed by atoms with Gasteiger partial charge in [-0.05, 0) is 6.92 Å². The van der Waals surface area contributed by atoms with Crippen LogP contribution in [0.3, 0.4) is 0 Å². The van der Waals surface area contributed by atoms with E-state index in [1.165, 1.54) is 0 Å². The third-order valence-corrected chi connectivity index (χ3v) is 3.65. The SMILES string of the molecule is CCOC(=O)N1[C@@H]2[C@H]3[C@@H](O)CC(=O)N3C[C@@H]21. The van der Waals surface area contributed by atoms with Crippen molar-refractivity contribution in [3.05, 3.63) is 0 Å². The fourth-order valence-electron chi connectivity index (χ4n) is 2.97. The number of nitrogens with zero attached hydrogens (tertiary/aromatic N) is 2. The van der Waals surface area contributed by atoms with Crippen LogP contribution in [0, 0.1) is 0 Å². The van der Waals surface area contributed by atoms with Gasteiger partial charge in [0.25, 0.3) is 0 Å². The molecule has 16 heavy (non-hydrogen) atoms. The first-order chi connectivity index (χ1) is 7.65. The van der Waals surface area contributed by atoms with E-state index in [2.05, 4.69) is 0 Å². The Bertz CT molecular complexity index is 359. The molecule has 0 radical (unpaired) electrons. The largest absolute Gasteiger partial charge is 0.450 e. The standard InChI is InChI=1S/C10H14N2O4/c1-2-16-10(15)12-5-4-11-7(14)3-6(13)9(11)8(5)12/h5-6,8-9,13H,2-4H2,1H3/t5-,6-,8-,9+,12?/m0/s1. The highest BCUT2D eigenvalue weighted by Crippen LogP contribution is 2.45. The molecule has 3 aliphatic heterocycles. The second-order valence-corrected chi connectivity index (χ2v) is 4.47. The zero-order valence-electron chi connectivity index (χ0n) is 9.00. The zero-order valence-corrected chi connectivity index (χ0v) is 9.00. The molecular formula is C10H14N2O4. The van der Waals surface area contributed by atoms with E-state index in [1.54, 1.807) is 16.7 Å². The Labute approximate surface area is 92.8 Å². The molecule has 3 aliphatic rings. The van der Waals surface area contributed by atoms with E-state index in [1.807, 2.05) is 0 Å². The molecule has 1 N–H and O–H groups in total. The van der Waals surface area contributed by atoms with Gasteiger partial charge in [-0.15, -0.1) is 0 Å². The summed E-state index contributed by atoms with van der Waals surface area (Å²) in [6.07, 6.45) is -0.782. The highest BCUT2D eigenvalue weighted by Gasteiger charge is 2.67. The molecule has 3 fully saturated rings. The van der Waals surface area contributed by atoms with Gasteiger partial charge in [-0.25, -0.2) is 4.79 Å². The molecule has 3 rings (SSSR count). The zero-order chi connectivity index (χ0) is 11.4. The Morgan fingerprint density at radius 3 is 3.00 bits per heavy atom. The fraction of sp³-hybridized carbons (Fsp3) is 0.800. The van der Waals surface area contributed by atoms with Gasteiger partial charge in [-0.2, -0.15) is 0 Å². The van der Waals surface area contributed by atoms with Crippen LogP contribution in [-0.4, -0.2) is 64.3 Å². The molecule has 0 aromatic heterocycles. The van der Waals surface area contributed by atoms with E-state index in [0.717, 1.165) is 0 Å². The van der Waals surface area contributed by atoms with Gasteiger partial charge in [0.05, 0.1) is 37.3 Å². The summed E-state index contributed by atoms with van der Waals surface area (Å²) in [5.74, 6) is -0.00601. The molecule has 0 aliphatic carbocycles. The Kier molecular flexibility index (Phi) is 1.92. The molecule has 0 aromatic carbocycles. The van der Waals surface area contributed by atoms with Crippen LogP contribution >= 0.6 is 0 Å². The number of hydrogen-bond acceptors (Lipinski definition) is 4. The number of hydrogen-bond donors (Lipinski definition) is 1. The van der Waals surface area contributed by atoms with Crippen LogP contribution in [0.15, 0.2) is 0 Å². The summed E-state index contributed by atoms with van der Waals surface area (Å²) in [4.78, 5) is 26.3. The molecule has 6 nitrogen and oxygen atoms in total. The first kappa shape index (κ1) is 9.89. The first-order valence-electron chi connectivity index (χ1n) is 5.57. The molecule has 3 saturated heterocycles. The van der Waals surface area contributed by atoms with E-state index >= 15 is 0 Å². The van der Waals surface area contributed by atoms with Crippen LogP contribution in [0.1, 0.15) is 13.3 Å². The predicted molar refractivity (Wildman–Crippen MR) is 52.6 cm³/mol. The van der Waals surface area contributed by atoms with Crippen molar-refractivity contribution in [2.75, 3.05) is 13.2 Å². The first-order valence-corrected chi connectivity index (χ1v) is 5.57. The van der Waals surface area contributed by atoms with E-state index in [9.17, 15) is 14.7 Å². The molecule has 2 amide bonds. The fourth-order valence-corrected chi connectivity index (χ4v) is 2.97. The highest BCUT2D eigenvalue weighted by atomic mass is 16.6. The number of piperazine rings is 1. The van der Waals surface area contributed by atoms with Crippen molar-refractivity contribution < 1.29 is 19.4 Å². The van der Waals surface area contributed by atoms with Gasteiger partial charge in [0.15, 0.2) is 0 Å². The topological polar surface area (TPSA) is 69.9 Å². The Balaban J connectivity index is 1.72. The molecule has 0 spiro atoms. The minimum absolute atomic E-state index is 0.00601. The number of aliphatic hydroxyl groups excluding tert-OH is 1. The molecule has 0 aromatic rings. The molecule has 0 saturated carbocycles. The smallest absolute Gasteiger partial charge is 0.410 e. The van der Waals surface area contributed by atoms with Crippen molar-refractivity contribution in [1.29, 1.82) is 0 Å². The summed E-state index contributed by atoms with van der Waals surface area (Å²) in [5.41, 5.74) is 0. The molecule has 88 valence electrons. The van der Waals surface area contributed by atoms with Crippen molar-refractivity contribution in [2.24, 2.45) is 0 Å². The lowest BCUT2D eigenvalue weighted by Crippen LogP contribution is -2.41.